The Labute approximate surface area is 171 Å². The Morgan fingerprint density at radius 1 is 1.11 bits per heavy atom. The van der Waals surface area contributed by atoms with E-state index in [0.717, 1.165) is 11.4 Å². The third kappa shape index (κ3) is 3.69. The molecule has 1 aromatic carbocycles. The van der Waals surface area contributed by atoms with Crippen LogP contribution in [0.3, 0.4) is 0 Å². The molecule has 0 radical (unpaired) electrons. The first-order valence-corrected chi connectivity index (χ1v) is 9.26. The van der Waals surface area contributed by atoms with Gasteiger partial charge in [-0.2, -0.15) is 5.10 Å². The van der Waals surface area contributed by atoms with Crippen molar-refractivity contribution in [3.05, 3.63) is 81.9 Å². The normalized spacial score (nSPS) is 11.0. The van der Waals surface area contributed by atoms with Gasteiger partial charge in [0.2, 0.25) is 0 Å². The van der Waals surface area contributed by atoms with E-state index >= 15 is 0 Å². The average molecular weight is 412 g/mol. The molecule has 3 heterocycles. The van der Waals surface area contributed by atoms with E-state index in [9.17, 15) is 4.79 Å². The zero-order chi connectivity index (χ0) is 19.7. The van der Waals surface area contributed by atoms with Crippen LogP contribution >= 0.6 is 23.2 Å². The molecule has 3 aromatic heterocycles. The van der Waals surface area contributed by atoms with Gasteiger partial charge in [-0.05, 0) is 43.3 Å². The van der Waals surface area contributed by atoms with Crippen molar-refractivity contribution in [2.45, 2.75) is 13.5 Å². The van der Waals surface area contributed by atoms with Crippen LogP contribution in [-0.4, -0.2) is 25.7 Å². The molecule has 0 unspecified atom stereocenters. The molecule has 28 heavy (non-hydrogen) atoms. The number of pyridine rings is 2. The maximum Gasteiger partial charge on any atom is 0.258 e. The van der Waals surface area contributed by atoms with Gasteiger partial charge in [0.25, 0.3) is 5.91 Å². The summed E-state index contributed by atoms with van der Waals surface area (Å²) in [5, 5.41) is 8.65. The number of aryl methyl sites for hydroxylation is 1. The van der Waals surface area contributed by atoms with Crippen LogP contribution in [0.1, 0.15) is 21.7 Å². The van der Waals surface area contributed by atoms with Gasteiger partial charge in [0.1, 0.15) is 0 Å². The quantitative estimate of drug-likeness (QED) is 0.526. The summed E-state index contributed by atoms with van der Waals surface area (Å²) in [5.74, 6) is -0.352. The van der Waals surface area contributed by atoms with Crippen LogP contribution in [0.4, 0.5) is 5.69 Å². The molecule has 4 rings (SSSR count). The molecular weight excluding hydrogens is 397 g/mol. The van der Waals surface area contributed by atoms with E-state index in [1.54, 1.807) is 35.1 Å². The van der Waals surface area contributed by atoms with Gasteiger partial charge in [-0.25, -0.2) is 9.67 Å². The van der Waals surface area contributed by atoms with E-state index in [4.69, 9.17) is 23.2 Å². The lowest BCUT2D eigenvalue weighted by Gasteiger charge is -2.08. The molecule has 1 N–H and O–H groups in total. The lowest BCUT2D eigenvalue weighted by Crippen LogP contribution is -2.13. The highest BCUT2D eigenvalue weighted by Crippen LogP contribution is 2.26. The number of amides is 1. The Morgan fingerprint density at radius 3 is 2.64 bits per heavy atom. The van der Waals surface area contributed by atoms with Crippen molar-refractivity contribution in [2.75, 3.05) is 5.32 Å². The summed E-state index contributed by atoms with van der Waals surface area (Å²) in [6, 6.07) is 12.6. The van der Waals surface area contributed by atoms with Gasteiger partial charge in [-0.15, -0.1) is 0 Å². The molecule has 0 bridgehead atoms. The number of halogens is 2. The van der Waals surface area contributed by atoms with Gasteiger partial charge in [-0.1, -0.05) is 29.3 Å². The van der Waals surface area contributed by atoms with Crippen LogP contribution in [0.2, 0.25) is 10.0 Å². The number of nitrogens with one attached hydrogen (secondary N) is 1. The maximum absolute atomic E-state index is 12.6. The molecule has 140 valence electrons. The molecule has 0 spiro atoms. The second-order valence-corrected chi connectivity index (χ2v) is 7.07. The van der Waals surface area contributed by atoms with Crippen LogP contribution in [0.25, 0.3) is 11.0 Å². The molecule has 0 atom stereocenters. The van der Waals surface area contributed by atoms with Gasteiger partial charge < -0.3 is 5.32 Å². The molecule has 1 amide bonds. The third-order valence-electron chi connectivity index (χ3n) is 4.20. The fourth-order valence-electron chi connectivity index (χ4n) is 2.84. The first kappa shape index (κ1) is 18.4. The number of rotatable bonds is 4. The van der Waals surface area contributed by atoms with E-state index < -0.39 is 0 Å². The van der Waals surface area contributed by atoms with Gasteiger partial charge in [-0.3, -0.25) is 9.78 Å². The smallest absolute Gasteiger partial charge is 0.258 e. The topological polar surface area (TPSA) is 72.7 Å². The Hall–Kier alpha value is -2.96. The van der Waals surface area contributed by atoms with Crippen molar-refractivity contribution in [3.8, 4) is 0 Å². The lowest BCUT2D eigenvalue weighted by molar-refractivity contribution is 0.102. The van der Waals surface area contributed by atoms with E-state index in [2.05, 4.69) is 20.4 Å². The number of hydrogen-bond donors (Lipinski definition) is 1. The predicted molar refractivity (Wildman–Crippen MR) is 110 cm³/mol. The van der Waals surface area contributed by atoms with E-state index in [-0.39, 0.29) is 11.5 Å². The summed E-state index contributed by atoms with van der Waals surface area (Å²) in [4.78, 5) is 21.5. The minimum atomic E-state index is -0.352. The van der Waals surface area contributed by atoms with Crippen molar-refractivity contribution in [1.29, 1.82) is 0 Å². The predicted octanol–water partition coefficient (Wildman–Crippen LogP) is 4.74. The average Bonchev–Trinajstić information content (AvgIpc) is 3.07. The number of aromatic nitrogens is 4. The summed E-state index contributed by atoms with van der Waals surface area (Å²) in [7, 11) is 0. The van der Waals surface area contributed by atoms with E-state index in [1.807, 2.05) is 25.1 Å². The molecule has 0 aliphatic rings. The van der Waals surface area contributed by atoms with Crippen molar-refractivity contribution < 1.29 is 4.79 Å². The minimum absolute atomic E-state index is 0.275. The van der Waals surface area contributed by atoms with Crippen LogP contribution in [0, 0.1) is 6.92 Å². The van der Waals surface area contributed by atoms with Crippen molar-refractivity contribution >= 4 is 45.8 Å². The van der Waals surface area contributed by atoms with Crippen molar-refractivity contribution in [1.82, 2.24) is 19.7 Å². The second-order valence-electron chi connectivity index (χ2n) is 6.26. The fraction of sp³-hybridized carbons (Fsp3) is 0.100. The largest absolute Gasteiger partial charge is 0.322 e. The molecule has 4 aromatic rings. The van der Waals surface area contributed by atoms with Gasteiger partial charge >= 0.3 is 0 Å². The third-order valence-corrected chi connectivity index (χ3v) is 4.86. The molecule has 0 aliphatic carbocycles. The zero-order valence-electron chi connectivity index (χ0n) is 14.9. The number of benzene rings is 1. The molecule has 0 fully saturated rings. The van der Waals surface area contributed by atoms with E-state index in [0.29, 0.717) is 33.3 Å². The Bertz CT molecular complexity index is 1170. The summed E-state index contributed by atoms with van der Waals surface area (Å²) >= 11 is 12.3. The van der Waals surface area contributed by atoms with Gasteiger partial charge in [0, 0.05) is 22.6 Å². The summed E-state index contributed by atoms with van der Waals surface area (Å²) in [6.45, 7) is 2.40. The molecule has 6 nitrogen and oxygen atoms in total. The standard InChI is InChI=1S/C20H15Cl2N5O/c1-12-3-2-4-15(25-12)11-27-19-16(10-24-27)18(22)17(9-23-19)20(28)26-14-7-5-13(21)6-8-14/h2-10H,11H2,1H3,(H,26,28). The molecular formula is C20H15Cl2N5O. The summed E-state index contributed by atoms with van der Waals surface area (Å²) < 4.78 is 1.71. The number of nitrogens with zero attached hydrogens (tertiary/aromatic N) is 4. The minimum Gasteiger partial charge on any atom is -0.322 e. The number of carbonyl (C=O) groups excluding carboxylic acids is 1. The number of hydrogen-bond acceptors (Lipinski definition) is 4. The van der Waals surface area contributed by atoms with E-state index in [1.165, 1.54) is 6.20 Å². The number of fused-ring (bicyclic) bond motifs is 1. The maximum atomic E-state index is 12.6. The number of carbonyl (C=O) groups is 1. The molecule has 8 heteroatoms. The Kier molecular flexibility index (Phi) is 4.98. The highest BCUT2D eigenvalue weighted by atomic mass is 35.5. The van der Waals surface area contributed by atoms with Crippen LogP contribution in [0.15, 0.2) is 54.9 Å². The Balaban J connectivity index is 1.62. The van der Waals surface area contributed by atoms with Crippen LogP contribution in [-0.2, 0) is 6.54 Å². The lowest BCUT2D eigenvalue weighted by atomic mass is 10.2. The summed E-state index contributed by atoms with van der Waals surface area (Å²) in [5.41, 5.74) is 3.29. The zero-order valence-corrected chi connectivity index (χ0v) is 16.4. The second kappa shape index (κ2) is 7.58. The fourth-order valence-corrected chi connectivity index (χ4v) is 3.24. The van der Waals surface area contributed by atoms with Gasteiger partial charge in [0.15, 0.2) is 5.65 Å². The highest BCUT2D eigenvalue weighted by molar-refractivity contribution is 6.38. The highest BCUT2D eigenvalue weighted by Gasteiger charge is 2.17. The van der Waals surface area contributed by atoms with Crippen molar-refractivity contribution in [3.63, 3.8) is 0 Å². The number of anilines is 1. The van der Waals surface area contributed by atoms with Crippen LogP contribution < -0.4 is 5.32 Å². The molecule has 0 saturated carbocycles. The summed E-state index contributed by atoms with van der Waals surface area (Å²) in [6.07, 6.45) is 3.07. The van der Waals surface area contributed by atoms with Crippen LogP contribution in [0.5, 0.6) is 0 Å². The SMILES string of the molecule is Cc1cccc(Cn2ncc3c(Cl)c(C(=O)Nc4ccc(Cl)cc4)cnc32)n1. The molecule has 0 saturated heterocycles. The van der Waals surface area contributed by atoms with Gasteiger partial charge in [0.05, 0.1) is 34.4 Å². The first-order valence-electron chi connectivity index (χ1n) is 8.51. The van der Waals surface area contributed by atoms with Crippen molar-refractivity contribution in [2.24, 2.45) is 0 Å². The first-order chi connectivity index (χ1) is 13.5. The Morgan fingerprint density at radius 2 is 1.89 bits per heavy atom. The monoisotopic (exact) mass is 411 g/mol. The molecule has 0 aliphatic heterocycles.